The predicted octanol–water partition coefficient (Wildman–Crippen LogP) is 2.01. The van der Waals surface area contributed by atoms with E-state index in [-0.39, 0.29) is 18.8 Å². The summed E-state index contributed by atoms with van der Waals surface area (Å²) in [6.45, 7) is 6.25. The normalized spacial score (nSPS) is 29.7. The molecule has 5 heteroatoms. The standard InChI is InChI=1S/C18H23NO4/c1-4-9-19-14-8-6-5-7-12(14)18(22,16(19)21)13-11-23-17(2,3)10-15(13)20/h5-8,13,22H,4,9-11H2,1-3H3/t13-,18+/m1/s1. The number of carbonyl (C=O) groups excluding carboxylic acids is 2. The Labute approximate surface area is 136 Å². The minimum atomic E-state index is -1.82. The predicted molar refractivity (Wildman–Crippen MR) is 86.1 cm³/mol. The summed E-state index contributed by atoms with van der Waals surface area (Å²) in [4.78, 5) is 27.1. The van der Waals surface area contributed by atoms with Crippen molar-refractivity contribution < 1.29 is 19.4 Å². The van der Waals surface area contributed by atoms with Crippen molar-refractivity contribution in [1.82, 2.24) is 0 Å². The SMILES string of the molecule is CCCN1C(=O)[C@@](O)([C@@H]2COC(C)(C)CC2=O)c2ccccc21. The largest absolute Gasteiger partial charge is 0.375 e. The van der Waals surface area contributed by atoms with Crippen molar-refractivity contribution in [3.05, 3.63) is 29.8 Å². The van der Waals surface area contributed by atoms with E-state index in [4.69, 9.17) is 4.74 Å². The molecule has 2 aliphatic heterocycles. The molecule has 0 radical (unpaired) electrons. The number of fused-ring (bicyclic) bond motifs is 1. The monoisotopic (exact) mass is 317 g/mol. The first-order chi connectivity index (χ1) is 10.8. The number of para-hydroxylation sites is 1. The van der Waals surface area contributed by atoms with Crippen LogP contribution in [0.25, 0.3) is 0 Å². The van der Waals surface area contributed by atoms with E-state index in [1.165, 1.54) is 0 Å². The summed E-state index contributed by atoms with van der Waals surface area (Å²) >= 11 is 0. The molecule has 5 nitrogen and oxygen atoms in total. The Morgan fingerprint density at radius 1 is 1.30 bits per heavy atom. The number of rotatable bonds is 3. The highest BCUT2D eigenvalue weighted by Gasteiger charge is 2.58. The Morgan fingerprint density at radius 3 is 2.65 bits per heavy atom. The van der Waals surface area contributed by atoms with E-state index < -0.39 is 23.0 Å². The van der Waals surface area contributed by atoms with Gasteiger partial charge in [-0.15, -0.1) is 0 Å². The summed E-state index contributed by atoms with van der Waals surface area (Å²) in [7, 11) is 0. The highest BCUT2D eigenvalue weighted by atomic mass is 16.5. The van der Waals surface area contributed by atoms with Gasteiger partial charge in [0.1, 0.15) is 5.78 Å². The summed E-state index contributed by atoms with van der Waals surface area (Å²) in [6, 6.07) is 7.17. The maximum absolute atomic E-state index is 12.9. The van der Waals surface area contributed by atoms with Gasteiger partial charge in [-0.05, 0) is 26.3 Å². The Morgan fingerprint density at radius 2 is 2.00 bits per heavy atom. The molecular formula is C18H23NO4. The lowest BCUT2D eigenvalue weighted by molar-refractivity contribution is -0.172. The van der Waals surface area contributed by atoms with Gasteiger partial charge in [-0.2, -0.15) is 0 Å². The Kier molecular flexibility index (Phi) is 3.81. The van der Waals surface area contributed by atoms with Crippen LogP contribution in [0.1, 0.15) is 39.2 Å². The molecular weight excluding hydrogens is 294 g/mol. The Hall–Kier alpha value is -1.72. The lowest BCUT2D eigenvalue weighted by atomic mass is 9.76. The van der Waals surface area contributed by atoms with Crippen LogP contribution in [0.3, 0.4) is 0 Å². The van der Waals surface area contributed by atoms with Gasteiger partial charge in [0.25, 0.3) is 5.91 Å². The Balaban J connectivity index is 2.04. The second kappa shape index (κ2) is 5.42. The molecule has 0 aliphatic carbocycles. The van der Waals surface area contributed by atoms with Crippen LogP contribution in [0.5, 0.6) is 0 Å². The van der Waals surface area contributed by atoms with Gasteiger partial charge < -0.3 is 14.7 Å². The van der Waals surface area contributed by atoms with Crippen molar-refractivity contribution in [2.75, 3.05) is 18.1 Å². The van der Waals surface area contributed by atoms with Crippen LogP contribution in [-0.2, 0) is 19.9 Å². The minimum absolute atomic E-state index is 0.0579. The molecule has 1 amide bonds. The van der Waals surface area contributed by atoms with Crippen molar-refractivity contribution in [2.24, 2.45) is 5.92 Å². The fraction of sp³-hybridized carbons (Fsp3) is 0.556. The lowest BCUT2D eigenvalue weighted by Crippen LogP contribution is -2.54. The molecule has 0 aromatic heterocycles. The van der Waals surface area contributed by atoms with E-state index in [1.807, 2.05) is 32.9 Å². The number of hydrogen-bond acceptors (Lipinski definition) is 4. The third-order valence-corrected chi connectivity index (χ3v) is 4.76. The molecule has 0 unspecified atom stereocenters. The van der Waals surface area contributed by atoms with Gasteiger partial charge in [0.15, 0.2) is 5.60 Å². The van der Waals surface area contributed by atoms with Crippen molar-refractivity contribution in [3.63, 3.8) is 0 Å². The van der Waals surface area contributed by atoms with Crippen molar-refractivity contribution in [2.45, 2.75) is 44.8 Å². The van der Waals surface area contributed by atoms with Crippen molar-refractivity contribution in [3.8, 4) is 0 Å². The number of ketones is 1. The summed E-state index contributed by atoms with van der Waals surface area (Å²) in [5.74, 6) is -1.39. The number of aliphatic hydroxyl groups is 1. The molecule has 0 spiro atoms. The third kappa shape index (κ3) is 2.39. The summed E-state index contributed by atoms with van der Waals surface area (Å²) in [6.07, 6.45) is 0.974. The van der Waals surface area contributed by atoms with Crippen LogP contribution in [0.2, 0.25) is 0 Å². The fourth-order valence-corrected chi connectivity index (χ4v) is 3.59. The first-order valence-corrected chi connectivity index (χ1v) is 8.12. The zero-order chi connectivity index (χ0) is 16.8. The van der Waals surface area contributed by atoms with Gasteiger partial charge in [0, 0.05) is 18.5 Å². The third-order valence-electron chi connectivity index (χ3n) is 4.76. The molecule has 0 saturated carbocycles. The average Bonchev–Trinajstić information content (AvgIpc) is 2.70. The Bertz CT molecular complexity index is 654. The average molecular weight is 317 g/mol. The molecule has 3 rings (SSSR count). The van der Waals surface area contributed by atoms with Crippen LogP contribution in [0.15, 0.2) is 24.3 Å². The molecule has 2 heterocycles. The van der Waals surface area contributed by atoms with E-state index in [1.54, 1.807) is 17.0 Å². The number of Topliss-reactive ketones (excluding diaryl/α,β-unsaturated/α-hetero) is 1. The number of carbonyl (C=O) groups is 2. The van der Waals surface area contributed by atoms with Crippen LogP contribution in [0.4, 0.5) is 5.69 Å². The van der Waals surface area contributed by atoms with Gasteiger partial charge >= 0.3 is 0 Å². The number of anilines is 1. The zero-order valence-corrected chi connectivity index (χ0v) is 13.8. The maximum atomic E-state index is 12.9. The fourth-order valence-electron chi connectivity index (χ4n) is 3.59. The van der Waals surface area contributed by atoms with E-state index in [2.05, 4.69) is 0 Å². The van der Waals surface area contributed by atoms with E-state index >= 15 is 0 Å². The van der Waals surface area contributed by atoms with Gasteiger partial charge in [-0.3, -0.25) is 9.59 Å². The molecule has 124 valence electrons. The summed E-state index contributed by atoms with van der Waals surface area (Å²) in [5.41, 5.74) is -1.16. The zero-order valence-electron chi connectivity index (χ0n) is 13.8. The summed E-state index contributed by atoms with van der Waals surface area (Å²) < 4.78 is 5.73. The summed E-state index contributed by atoms with van der Waals surface area (Å²) in [5, 5.41) is 11.3. The van der Waals surface area contributed by atoms with Gasteiger partial charge in [0.05, 0.1) is 23.8 Å². The van der Waals surface area contributed by atoms with Crippen LogP contribution < -0.4 is 4.90 Å². The number of benzene rings is 1. The smallest absolute Gasteiger partial charge is 0.264 e. The van der Waals surface area contributed by atoms with Gasteiger partial charge in [-0.25, -0.2) is 0 Å². The second-order valence-electron chi connectivity index (χ2n) is 7.01. The van der Waals surface area contributed by atoms with E-state index in [0.717, 1.165) is 6.42 Å². The molecule has 2 aliphatic rings. The number of nitrogens with zero attached hydrogens (tertiary/aromatic N) is 1. The molecule has 0 bridgehead atoms. The molecule has 1 aromatic carbocycles. The van der Waals surface area contributed by atoms with Crippen LogP contribution in [0, 0.1) is 5.92 Å². The van der Waals surface area contributed by atoms with Crippen molar-refractivity contribution >= 4 is 17.4 Å². The van der Waals surface area contributed by atoms with Crippen molar-refractivity contribution in [1.29, 1.82) is 0 Å². The van der Waals surface area contributed by atoms with E-state index in [9.17, 15) is 14.7 Å². The molecule has 1 fully saturated rings. The van der Waals surface area contributed by atoms with Crippen LogP contribution in [-0.4, -0.2) is 35.5 Å². The maximum Gasteiger partial charge on any atom is 0.264 e. The quantitative estimate of drug-likeness (QED) is 0.926. The lowest BCUT2D eigenvalue weighted by Gasteiger charge is -2.39. The number of ether oxygens (including phenoxy) is 1. The van der Waals surface area contributed by atoms with Gasteiger partial charge in [0.2, 0.25) is 0 Å². The van der Waals surface area contributed by atoms with E-state index in [0.29, 0.717) is 17.8 Å². The first kappa shape index (κ1) is 16.1. The van der Waals surface area contributed by atoms with Crippen LogP contribution >= 0.6 is 0 Å². The molecule has 1 saturated heterocycles. The topological polar surface area (TPSA) is 66.8 Å². The highest BCUT2D eigenvalue weighted by Crippen LogP contribution is 2.47. The minimum Gasteiger partial charge on any atom is -0.375 e. The number of hydrogen-bond donors (Lipinski definition) is 1. The molecule has 23 heavy (non-hydrogen) atoms. The highest BCUT2D eigenvalue weighted by molar-refractivity contribution is 6.09. The second-order valence-corrected chi connectivity index (χ2v) is 7.01. The first-order valence-electron chi connectivity index (χ1n) is 8.12. The number of amides is 1. The molecule has 2 atom stereocenters. The molecule has 1 aromatic rings. The molecule has 1 N–H and O–H groups in total. The van der Waals surface area contributed by atoms with Gasteiger partial charge in [-0.1, -0.05) is 25.1 Å².